The third-order valence-electron chi connectivity index (χ3n) is 3.90. The van der Waals surface area contributed by atoms with Crippen molar-refractivity contribution in [2.45, 2.75) is 31.7 Å². The lowest BCUT2D eigenvalue weighted by atomic mass is 9.96. The topological polar surface area (TPSA) is 104 Å². The number of carbonyl (C=O) groups excluding carboxylic acids is 2. The van der Waals surface area contributed by atoms with Crippen molar-refractivity contribution in [3.05, 3.63) is 0 Å². The molecule has 2 heterocycles. The molecule has 2 atom stereocenters. The molecule has 7 nitrogen and oxygen atoms in total. The molecular weight excluding hydrogens is 250 g/mol. The Balaban J connectivity index is 2.02. The maximum absolute atomic E-state index is 12.4. The van der Waals surface area contributed by atoms with E-state index in [2.05, 4.69) is 0 Å². The Morgan fingerprint density at radius 2 is 1.79 bits per heavy atom. The number of urea groups is 1. The van der Waals surface area contributed by atoms with Gasteiger partial charge in [0.1, 0.15) is 6.04 Å². The highest BCUT2D eigenvalue weighted by Gasteiger charge is 2.38. The summed E-state index contributed by atoms with van der Waals surface area (Å²) in [5.41, 5.74) is 5.23. The number of nitrogens with two attached hydrogens (primary N) is 1. The third-order valence-corrected chi connectivity index (χ3v) is 3.90. The maximum Gasteiger partial charge on any atom is 0.326 e. The molecule has 0 radical (unpaired) electrons. The summed E-state index contributed by atoms with van der Waals surface area (Å²) in [4.78, 5) is 37.5. The van der Waals surface area contributed by atoms with Gasteiger partial charge in [0.15, 0.2) is 0 Å². The molecule has 2 fully saturated rings. The van der Waals surface area contributed by atoms with E-state index in [9.17, 15) is 14.4 Å². The number of hydrogen-bond acceptors (Lipinski definition) is 3. The Labute approximate surface area is 111 Å². The summed E-state index contributed by atoms with van der Waals surface area (Å²) in [6, 6.07) is -1.23. The van der Waals surface area contributed by atoms with Crippen molar-refractivity contribution in [1.29, 1.82) is 0 Å². The van der Waals surface area contributed by atoms with Crippen LogP contribution in [-0.2, 0) is 9.59 Å². The van der Waals surface area contributed by atoms with Gasteiger partial charge in [-0.15, -0.1) is 0 Å². The average Bonchev–Trinajstić information content (AvgIpc) is 2.87. The van der Waals surface area contributed by atoms with Crippen LogP contribution in [-0.4, -0.2) is 58.5 Å². The molecule has 3 N–H and O–H groups in total. The molecule has 0 saturated carbocycles. The number of rotatable bonds is 2. The molecule has 3 amide bonds. The van der Waals surface area contributed by atoms with E-state index in [0.29, 0.717) is 32.5 Å². The van der Waals surface area contributed by atoms with Gasteiger partial charge in [0.25, 0.3) is 0 Å². The van der Waals surface area contributed by atoms with E-state index < -0.39 is 18.0 Å². The summed E-state index contributed by atoms with van der Waals surface area (Å²) in [5.74, 6) is -1.43. The van der Waals surface area contributed by atoms with Crippen molar-refractivity contribution in [1.82, 2.24) is 9.80 Å². The summed E-state index contributed by atoms with van der Waals surface area (Å²) in [7, 11) is 0. The van der Waals surface area contributed by atoms with Gasteiger partial charge in [-0.05, 0) is 25.7 Å². The number of primary amides is 1. The highest BCUT2D eigenvalue weighted by Crippen LogP contribution is 2.24. The van der Waals surface area contributed by atoms with Gasteiger partial charge in [-0.3, -0.25) is 4.79 Å². The van der Waals surface area contributed by atoms with E-state index >= 15 is 0 Å². The van der Waals surface area contributed by atoms with Gasteiger partial charge in [0.2, 0.25) is 5.91 Å². The Morgan fingerprint density at radius 3 is 2.42 bits per heavy atom. The molecule has 0 spiro atoms. The van der Waals surface area contributed by atoms with Gasteiger partial charge < -0.3 is 20.6 Å². The van der Waals surface area contributed by atoms with Crippen molar-refractivity contribution in [3.8, 4) is 0 Å². The summed E-state index contributed by atoms with van der Waals surface area (Å²) in [5, 5.41) is 9.09. The Morgan fingerprint density at radius 1 is 1.11 bits per heavy atom. The normalized spacial score (nSPS) is 27.4. The van der Waals surface area contributed by atoms with Crippen molar-refractivity contribution < 1.29 is 19.5 Å². The second-order valence-electron chi connectivity index (χ2n) is 5.15. The van der Waals surface area contributed by atoms with E-state index in [1.165, 1.54) is 9.80 Å². The number of piperidine rings is 1. The van der Waals surface area contributed by atoms with Gasteiger partial charge >= 0.3 is 12.0 Å². The number of aliphatic carboxylic acids is 1. The Kier molecular flexibility index (Phi) is 3.92. The SMILES string of the molecule is NC(=O)N1CCCC(C(=O)N2CCC[C@H]2C(=O)O)C1. The first kappa shape index (κ1) is 13.6. The molecule has 2 saturated heterocycles. The molecule has 0 bridgehead atoms. The molecule has 0 aromatic carbocycles. The van der Waals surface area contributed by atoms with Crippen LogP contribution in [0.5, 0.6) is 0 Å². The molecule has 1 unspecified atom stereocenters. The first-order valence-corrected chi connectivity index (χ1v) is 6.58. The number of amides is 3. The number of carbonyl (C=O) groups is 3. The average molecular weight is 269 g/mol. The second-order valence-corrected chi connectivity index (χ2v) is 5.15. The minimum Gasteiger partial charge on any atom is -0.480 e. The zero-order chi connectivity index (χ0) is 14.0. The van der Waals surface area contributed by atoms with Crippen LogP contribution in [0.1, 0.15) is 25.7 Å². The van der Waals surface area contributed by atoms with Crippen LogP contribution in [0.2, 0.25) is 0 Å². The fourth-order valence-corrected chi connectivity index (χ4v) is 2.90. The molecule has 2 aliphatic rings. The maximum atomic E-state index is 12.4. The molecule has 2 rings (SSSR count). The smallest absolute Gasteiger partial charge is 0.326 e. The zero-order valence-corrected chi connectivity index (χ0v) is 10.7. The summed E-state index contributed by atoms with van der Waals surface area (Å²) in [6.45, 7) is 1.36. The molecule has 0 aromatic heterocycles. The molecular formula is C12H19N3O4. The van der Waals surface area contributed by atoms with Gasteiger partial charge in [-0.2, -0.15) is 0 Å². The van der Waals surface area contributed by atoms with E-state index in [4.69, 9.17) is 10.8 Å². The van der Waals surface area contributed by atoms with Gasteiger partial charge in [-0.25, -0.2) is 9.59 Å². The lowest BCUT2D eigenvalue weighted by molar-refractivity contribution is -0.150. The van der Waals surface area contributed by atoms with Crippen LogP contribution in [0.25, 0.3) is 0 Å². The van der Waals surface area contributed by atoms with Crippen LogP contribution in [0.3, 0.4) is 0 Å². The molecule has 2 aliphatic heterocycles. The predicted octanol–water partition coefficient (Wildman–Crippen LogP) is -0.147. The lowest BCUT2D eigenvalue weighted by Gasteiger charge is -2.34. The second kappa shape index (κ2) is 5.46. The van der Waals surface area contributed by atoms with Gasteiger partial charge in [-0.1, -0.05) is 0 Å². The molecule has 19 heavy (non-hydrogen) atoms. The quantitative estimate of drug-likeness (QED) is 0.727. The molecule has 0 aromatic rings. The summed E-state index contributed by atoms with van der Waals surface area (Å²) >= 11 is 0. The Hall–Kier alpha value is -1.79. The van der Waals surface area contributed by atoms with E-state index in [1.807, 2.05) is 0 Å². The third kappa shape index (κ3) is 2.80. The number of nitrogens with zero attached hydrogens (tertiary/aromatic N) is 2. The highest BCUT2D eigenvalue weighted by atomic mass is 16.4. The molecule has 7 heteroatoms. The van der Waals surface area contributed by atoms with Gasteiger partial charge in [0.05, 0.1) is 5.92 Å². The lowest BCUT2D eigenvalue weighted by Crippen LogP contribution is -2.50. The van der Waals surface area contributed by atoms with Crippen molar-refractivity contribution in [2.24, 2.45) is 11.7 Å². The monoisotopic (exact) mass is 269 g/mol. The van der Waals surface area contributed by atoms with E-state index in [1.54, 1.807) is 0 Å². The van der Waals surface area contributed by atoms with E-state index in [-0.39, 0.29) is 11.8 Å². The van der Waals surface area contributed by atoms with Crippen LogP contribution in [0.15, 0.2) is 0 Å². The number of carboxylic acids is 1. The fraction of sp³-hybridized carbons (Fsp3) is 0.750. The zero-order valence-electron chi connectivity index (χ0n) is 10.7. The van der Waals surface area contributed by atoms with Crippen LogP contribution >= 0.6 is 0 Å². The fourth-order valence-electron chi connectivity index (χ4n) is 2.90. The standard InChI is InChI=1S/C12H19N3O4/c13-12(19)14-5-1-3-8(7-14)10(16)15-6-2-4-9(15)11(17)18/h8-9H,1-7H2,(H2,13,19)(H,17,18)/t8?,9-/m0/s1. The molecule has 106 valence electrons. The minimum atomic E-state index is -0.951. The van der Waals surface area contributed by atoms with E-state index in [0.717, 1.165) is 12.8 Å². The number of carboxylic acid groups (broad SMARTS) is 1. The summed E-state index contributed by atoms with van der Waals surface area (Å²) in [6.07, 6.45) is 2.64. The van der Waals surface area contributed by atoms with Crippen LogP contribution in [0, 0.1) is 5.92 Å². The first-order valence-electron chi connectivity index (χ1n) is 6.58. The van der Waals surface area contributed by atoms with Crippen molar-refractivity contribution >= 4 is 17.9 Å². The first-order chi connectivity index (χ1) is 9.00. The van der Waals surface area contributed by atoms with Crippen LogP contribution < -0.4 is 5.73 Å². The predicted molar refractivity (Wildman–Crippen MR) is 66.3 cm³/mol. The highest BCUT2D eigenvalue weighted by molar-refractivity contribution is 5.86. The Bertz CT molecular complexity index is 398. The molecule has 0 aliphatic carbocycles. The van der Waals surface area contributed by atoms with Gasteiger partial charge in [0, 0.05) is 19.6 Å². The van der Waals surface area contributed by atoms with Crippen molar-refractivity contribution in [3.63, 3.8) is 0 Å². The van der Waals surface area contributed by atoms with Crippen molar-refractivity contribution in [2.75, 3.05) is 19.6 Å². The summed E-state index contributed by atoms with van der Waals surface area (Å²) < 4.78 is 0. The number of likely N-dealkylation sites (tertiary alicyclic amines) is 2. The minimum absolute atomic E-state index is 0.157. The largest absolute Gasteiger partial charge is 0.480 e. The number of hydrogen-bond donors (Lipinski definition) is 2. The van der Waals surface area contributed by atoms with Crippen LogP contribution in [0.4, 0.5) is 4.79 Å².